The van der Waals surface area contributed by atoms with Crippen LogP contribution >= 0.6 is 0 Å². The molecule has 3 amide bonds. The van der Waals surface area contributed by atoms with E-state index in [0.29, 0.717) is 32.2 Å². The highest BCUT2D eigenvalue weighted by Gasteiger charge is 2.46. The largest absolute Gasteiger partial charge is 0.326 e. The molecular formula is C20H24N2O3. The van der Waals surface area contributed by atoms with Crippen LogP contribution in [0.25, 0.3) is 0 Å². The van der Waals surface area contributed by atoms with Gasteiger partial charge in [0.15, 0.2) is 0 Å². The minimum absolute atomic E-state index is 0.0731. The van der Waals surface area contributed by atoms with Crippen LogP contribution in [-0.2, 0) is 20.8 Å². The van der Waals surface area contributed by atoms with Crippen LogP contribution in [0.4, 0.5) is 5.69 Å². The summed E-state index contributed by atoms with van der Waals surface area (Å²) in [5, 5.41) is 2.92. The SMILES string of the molecule is CCc1ccccc1NC(=O)CCCN1C(=O)[C@H]2CC=CC[C@@H]2C1=O. The molecule has 1 aromatic rings. The first-order valence-electron chi connectivity index (χ1n) is 8.99. The molecule has 0 radical (unpaired) electrons. The summed E-state index contributed by atoms with van der Waals surface area (Å²) in [6.07, 6.45) is 6.90. The van der Waals surface area contributed by atoms with Crippen molar-refractivity contribution in [3.05, 3.63) is 42.0 Å². The molecule has 1 saturated heterocycles. The number of imide groups is 1. The Morgan fingerprint density at radius 2 is 1.76 bits per heavy atom. The quantitative estimate of drug-likeness (QED) is 0.639. The van der Waals surface area contributed by atoms with Crippen molar-refractivity contribution in [1.82, 2.24) is 4.90 Å². The van der Waals surface area contributed by atoms with Crippen LogP contribution in [0, 0.1) is 11.8 Å². The van der Waals surface area contributed by atoms with Gasteiger partial charge >= 0.3 is 0 Å². The van der Waals surface area contributed by atoms with Crippen LogP contribution in [0.1, 0.15) is 38.2 Å². The van der Waals surface area contributed by atoms with Gasteiger partial charge in [-0.2, -0.15) is 0 Å². The molecule has 0 unspecified atom stereocenters. The molecule has 5 heteroatoms. The summed E-state index contributed by atoms with van der Waals surface area (Å²) in [7, 11) is 0. The zero-order chi connectivity index (χ0) is 17.8. The Hall–Kier alpha value is -2.43. The molecule has 0 aromatic heterocycles. The van der Waals surface area contributed by atoms with E-state index < -0.39 is 0 Å². The Balaban J connectivity index is 1.50. The van der Waals surface area contributed by atoms with Gasteiger partial charge in [-0.3, -0.25) is 19.3 Å². The number of likely N-dealkylation sites (tertiary alicyclic amines) is 1. The van der Waals surface area contributed by atoms with Gasteiger partial charge in [-0.15, -0.1) is 0 Å². The van der Waals surface area contributed by atoms with Crippen LogP contribution in [0.5, 0.6) is 0 Å². The number of nitrogens with zero attached hydrogens (tertiary/aromatic N) is 1. The summed E-state index contributed by atoms with van der Waals surface area (Å²) in [6.45, 7) is 2.37. The summed E-state index contributed by atoms with van der Waals surface area (Å²) >= 11 is 0. The molecule has 2 aliphatic rings. The van der Waals surface area contributed by atoms with E-state index in [1.165, 1.54) is 4.90 Å². The predicted molar refractivity (Wildman–Crippen MR) is 95.8 cm³/mol. The summed E-state index contributed by atoms with van der Waals surface area (Å²) in [6, 6.07) is 7.73. The molecule has 0 spiro atoms. The zero-order valence-corrected chi connectivity index (χ0v) is 14.5. The number of anilines is 1. The normalized spacial score (nSPS) is 22.2. The van der Waals surface area contributed by atoms with Gasteiger partial charge in [-0.25, -0.2) is 0 Å². The van der Waals surface area contributed by atoms with Crippen molar-refractivity contribution in [2.24, 2.45) is 11.8 Å². The predicted octanol–water partition coefficient (Wildman–Crippen LogP) is 2.92. The first-order valence-corrected chi connectivity index (χ1v) is 8.99. The van der Waals surface area contributed by atoms with Crippen LogP contribution in [0.3, 0.4) is 0 Å². The van der Waals surface area contributed by atoms with Gasteiger partial charge in [0, 0.05) is 18.7 Å². The Morgan fingerprint density at radius 3 is 2.40 bits per heavy atom. The number of carbonyl (C=O) groups excluding carboxylic acids is 3. The maximum absolute atomic E-state index is 12.4. The van der Waals surface area contributed by atoms with Gasteiger partial charge in [-0.05, 0) is 37.3 Å². The molecule has 1 aliphatic heterocycles. The van der Waals surface area contributed by atoms with E-state index in [4.69, 9.17) is 0 Å². The molecule has 1 aliphatic carbocycles. The smallest absolute Gasteiger partial charge is 0.233 e. The summed E-state index contributed by atoms with van der Waals surface area (Å²) in [5.74, 6) is -0.614. The topological polar surface area (TPSA) is 66.5 Å². The summed E-state index contributed by atoms with van der Waals surface area (Å²) in [5.41, 5.74) is 1.93. The molecule has 25 heavy (non-hydrogen) atoms. The van der Waals surface area contributed by atoms with Gasteiger partial charge in [0.25, 0.3) is 0 Å². The summed E-state index contributed by atoms with van der Waals surface area (Å²) < 4.78 is 0. The lowest BCUT2D eigenvalue weighted by Crippen LogP contribution is -2.32. The van der Waals surface area contributed by atoms with Gasteiger partial charge in [0.2, 0.25) is 17.7 Å². The number of amides is 3. The molecule has 132 valence electrons. The second kappa shape index (κ2) is 7.64. The maximum atomic E-state index is 12.4. The number of aryl methyl sites for hydroxylation is 1. The second-order valence-electron chi connectivity index (χ2n) is 6.65. The van der Waals surface area contributed by atoms with Crippen molar-refractivity contribution in [3.8, 4) is 0 Å². The van der Waals surface area contributed by atoms with Crippen molar-refractivity contribution < 1.29 is 14.4 Å². The van der Waals surface area contributed by atoms with E-state index in [0.717, 1.165) is 17.7 Å². The van der Waals surface area contributed by atoms with E-state index >= 15 is 0 Å². The van der Waals surface area contributed by atoms with Crippen molar-refractivity contribution in [2.75, 3.05) is 11.9 Å². The van der Waals surface area contributed by atoms with Crippen LogP contribution in [-0.4, -0.2) is 29.2 Å². The molecule has 2 atom stereocenters. The third-order valence-corrected chi connectivity index (χ3v) is 5.06. The first-order chi connectivity index (χ1) is 12.1. The van der Waals surface area contributed by atoms with Crippen LogP contribution < -0.4 is 5.32 Å². The number of nitrogens with one attached hydrogen (secondary N) is 1. The number of hydrogen-bond acceptors (Lipinski definition) is 3. The Bertz CT molecular complexity index is 685. The van der Waals surface area contributed by atoms with Crippen LogP contribution in [0.15, 0.2) is 36.4 Å². The fourth-order valence-electron chi connectivity index (χ4n) is 3.65. The van der Waals surface area contributed by atoms with E-state index in [9.17, 15) is 14.4 Å². The fraction of sp³-hybridized carbons (Fsp3) is 0.450. The van der Waals surface area contributed by atoms with Gasteiger partial charge in [0.1, 0.15) is 0 Å². The zero-order valence-electron chi connectivity index (χ0n) is 14.5. The van der Waals surface area contributed by atoms with Crippen molar-refractivity contribution >= 4 is 23.4 Å². The molecule has 1 fully saturated rings. The Labute approximate surface area is 148 Å². The Kier molecular flexibility index (Phi) is 5.31. The van der Waals surface area contributed by atoms with E-state index in [1.807, 2.05) is 43.3 Å². The average molecular weight is 340 g/mol. The number of fused-ring (bicyclic) bond motifs is 1. The third-order valence-electron chi connectivity index (χ3n) is 5.06. The number of hydrogen-bond donors (Lipinski definition) is 1. The molecular weight excluding hydrogens is 316 g/mol. The van der Waals surface area contributed by atoms with Crippen molar-refractivity contribution in [3.63, 3.8) is 0 Å². The Morgan fingerprint density at radius 1 is 1.12 bits per heavy atom. The highest BCUT2D eigenvalue weighted by atomic mass is 16.2. The minimum atomic E-state index is -0.192. The van der Waals surface area contributed by atoms with Crippen molar-refractivity contribution in [2.45, 2.75) is 39.0 Å². The average Bonchev–Trinajstić information content (AvgIpc) is 2.87. The third kappa shape index (κ3) is 3.65. The van der Waals surface area contributed by atoms with Gasteiger partial charge < -0.3 is 5.32 Å². The van der Waals surface area contributed by atoms with E-state index in [1.54, 1.807) is 0 Å². The lowest BCUT2D eigenvalue weighted by atomic mass is 9.85. The molecule has 0 saturated carbocycles. The lowest BCUT2D eigenvalue weighted by molar-refractivity contribution is -0.140. The highest BCUT2D eigenvalue weighted by molar-refractivity contribution is 6.05. The number of rotatable bonds is 6. The molecule has 1 heterocycles. The standard InChI is InChI=1S/C20H24N2O3/c1-2-14-8-3-6-11-17(14)21-18(23)12-7-13-22-19(24)15-9-4-5-10-16(15)20(22)25/h3-6,8,11,15-16H,2,7,9-10,12-13H2,1H3,(H,21,23)/t15-,16-/m0/s1. The van der Waals surface area contributed by atoms with E-state index in [2.05, 4.69) is 5.32 Å². The maximum Gasteiger partial charge on any atom is 0.233 e. The highest BCUT2D eigenvalue weighted by Crippen LogP contribution is 2.35. The number of allylic oxidation sites excluding steroid dienone is 2. The minimum Gasteiger partial charge on any atom is -0.326 e. The summed E-state index contributed by atoms with van der Waals surface area (Å²) in [4.78, 5) is 38.3. The van der Waals surface area contributed by atoms with Crippen molar-refractivity contribution in [1.29, 1.82) is 0 Å². The first kappa shape index (κ1) is 17.4. The molecule has 5 nitrogen and oxygen atoms in total. The van der Waals surface area contributed by atoms with Gasteiger partial charge in [-0.1, -0.05) is 37.3 Å². The number of benzene rings is 1. The van der Waals surface area contributed by atoms with Gasteiger partial charge in [0.05, 0.1) is 11.8 Å². The number of carbonyl (C=O) groups is 3. The monoisotopic (exact) mass is 340 g/mol. The van der Waals surface area contributed by atoms with Crippen LogP contribution in [0.2, 0.25) is 0 Å². The lowest BCUT2D eigenvalue weighted by Gasteiger charge is -2.15. The molecule has 0 bridgehead atoms. The molecule has 3 rings (SSSR count). The molecule has 1 aromatic carbocycles. The number of para-hydroxylation sites is 1. The fourth-order valence-corrected chi connectivity index (χ4v) is 3.65. The van der Waals surface area contributed by atoms with E-state index in [-0.39, 0.29) is 29.6 Å². The molecule has 1 N–H and O–H groups in total. The second-order valence-corrected chi connectivity index (χ2v) is 6.65.